The number of ketones is 1. The summed E-state index contributed by atoms with van der Waals surface area (Å²) in [7, 11) is 0. The molecule has 0 atom stereocenters. The standard InChI is InChI=1S/C16H28N2O5.C2H6.2H2/c1-3-22-7-4-15(20)17-6-9-23-8-5-16(21)18-14-10-13(11-14)12(2)19;1-2;;/h13-14H,3-11H2,1-2H3,(H,17,20)(H,18,21);1-2H3;2*1H. The minimum Gasteiger partial charge on any atom is -0.381 e. The van der Waals surface area contributed by atoms with Gasteiger partial charge in [-0.15, -0.1) is 0 Å². The Morgan fingerprint density at radius 1 is 1.00 bits per heavy atom. The summed E-state index contributed by atoms with van der Waals surface area (Å²) in [5.41, 5.74) is 0. The van der Waals surface area contributed by atoms with Crippen LogP contribution in [-0.2, 0) is 23.9 Å². The molecule has 1 aliphatic rings. The first-order chi connectivity index (χ1) is 12.0. The van der Waals surface area contributed by atoms with Crippen molar-refractivity contribution in [3.63, 3.8) is 0 Å². The molecule has 0 saturated heterocycles. The van der Waals surface area contributed by atoms with Gasteiger partial charge in [0.05, 0.1) is 19.8 Å². The fourth-order valence-corrected chi connectivity index (χ4v) is 2.29. The zero-order valence-corrected chi connectivity index (χ0v) is 16.1. The predicted octanol–water partition coefficient (Wildman–Crippen LogP) is 1.94. The van der Waals surface area contributed by atoms with Crippen LogP contribution in [0, 0.1) is 5.92 Å². The quantitative estimate of drug-likeness (QED) is 0.518. The van der Waals surface area contributed by atoms with Crippen LogP contribution in [0.15, 0.2) is 0 Å². The van der Waals surface area contributed by atoms with Crippen molar-refractivity contribution in [2.75, 3.05) is 33.0 Å². The van der Waals surface area contributed by atoms with Crippen LogP contribution < -0.4 is 10.6 Å². The monoisotopic (exact) mass is 362 g/mol. The summed E-state index contributed by atoms with van der Waals surface area (Å²) < 4.78 is 10.4. The Morgan fingerprint density at radius 3 is 2.20 bits per heavy atom. The third-order valence-corrected chi connectivity index (χ3v) is 3.80. The maximum atomic E-state index is 11.7. The molecule has 0 bridgehead atoms. The van der Waals surface area contributed by atoms with Crippen molar-refractivity contribution in [3.05, 3.63) is 0 Å². The number of carbonyl (C=O) groups is 3. The van der Waals surface area contributed by atoms with E-state index in [-0.39, 0.29) is 32.4 Å². The van der Waals surface area contributed by atoms with Gasteiger partial charge in [-0.1, -0.05) is 13.8 Å². The average Bonchev–Trinajstić information content (AvgIpc) is 2.55. The highest BCUT2D eigenvalue weighted by Crippen LogP contribution is 2.27. The number of ether oxygens (including phenoxy) is 2. The van der Waals surface area contributed by atoms with Gasteiger partial charge in [-0.2, -0.15) is 0 Å². The maximum Gasteiger partial charge on any atom is 0.222 e. The summed E-state index contributed by atoms with van der Waals surface area (Å²) in [5.74, 6) is 0.188. The van der Waals surface area contributed by atoms with Crippen molar-refractivity contribution >= 4 is 17.6 Å². The molecular weight excluding hydrogens is 324 g/mol. The molecule has 7 nitrogen and oxygen atoms in total. The molecule has 0 aromatic rings. The largest absolute Gasteiger partial charge is 0.381 e. The Balaban J connectivity index is -0.00000139. The number of hydrogen-bond donors (Lipinski definition) is 2. The van der Waals surface area contributed by atoms with E-state index in [0.29, 0.717) is 45.8 Å². The van der Waals surface area contributed by atoms with Crippen molar-refractivity contribution in [3.8, 4) is 0 Å². The first-order valence-electron chi connectivity index (χ1n) is 9.25. The second kappa shape index (κ2) is 14.8. The molecule has 7 heteroatoms. The number of hydrogen-bond acceptors (Lipinski definition) is 5. The molecule has 0 heterocycles. The van der Waals surface area contributed by atoms with Gasteiger partial charge in [-0.05, 0) is 26.7 Å². The van der Waals surface area contributed by atoms with E-state index in [1.165, 1.54) is 0 Å². The Kier molecular flexibility index (Phi) is 14.0. The lowest BCUT2D eigenvalue weighted by Gasteiger charge is -2.34. The van der Waals surface area contributed by atoms with E-state index in [4.69, 9.17) is 9.47 Å². The van der Waals surface area contributed by atoms with E-state index in [0.717, 1.165) is 12.8 Å². The highest BCUT2D eigenvalue weighted by atomic mass is 16.5. The summed E-state index contributed by atoms with van der Waals surface area (Å²) in [6.45, 7) is 9.63. The third kappa shape index (κ3) is 11.7. The molecule has 0 aromatic carbocycles. The second-order valence-electron chi connectivity index (χ2n) is 5.70. The zero-order valence-electron chi connectivity index (χ0n) is 16.1. The molecule has 0 spiro atoms. The highest BCUT2D eigenvalue weighted by Gasteiger charge is 2.32. The van der Waals surface area contributed by atoms with Gasteiger partial charge in [0.15, 0.2) is 0 Å². The smallest absolute Gasteiger partial charge is 0.222 e. The topological polar surface area (TPSA) is 93.7 Å². The van der Waals surface area contributed by atoms with Crippen LogP contribution in [0.25, 0.3) is 0 Å². The molecule has 0 radical (unpaired) electrons. The first-order valence-corrected chi connectivity index (χ1v) is 9.25. The molecule has 0 aromatic heterocycles. The van der Waals surface area contributed by atoms with Crippen molar-refractivity contribution in [1.82, 2.24) is 10.6 Å². The molecule has 1 rings (SSSR count). The first kappa shape index (κ1) is 23.5. The van der Waals surface area contributed by atoms with E-state index in [1.807, 2.05) is 20.8 Å². The summed E-state index contributed by atoms with van der Waals surface area (Å²) >= 11 is 0. The Bertz CT molecular complexity index is 405. The zero-order chi connectivity index (χ0) is 19.1. The van der Waals surface area contributed by atoms with Crippen LogP contribution in [0.1, 0.15) is 56.2 Å². The molecule has 0 unspecified atom stereocenters. The minimum absolute atomic E-state index is 0. The van der Waals surface area contributed by atoms with Gasteiger partial charge >= 0.3 is 0 Å². The Hall–Kier alpha value is -1.47. The number of carbonyl (C=O) groups excluding carboxylic acids is 3. The van der Waals surface area contributed by atoms with Gasteiger partial charge in [0.25, 0.3) is 0 Å². The Morgan fingerprint density at radius 2 is 1.60 bits per heavy atom. The summed E-state index contributed by atoms with van der Waals surface area (Å²) in [5, 5.41) is 5.60. The van der Waals surface area contributed by atoms with Crippen LogP contribution in [0.3, 0.4) is 0 Å². The summed E-state index contributed by atoms with van der Waals surface area (Å²) in [6.07, 6.45) is 2.13. The van der Waals surface area contributed by atoms with Gasteiger partial charge in [-0.3, -0.25) is 14.4 Å². The van der Waals surface area contributed by atoms with E-state index in [1.54, 1.807) is 6.92 Å². The van der Waals surface area contributed by atoms with Gasteiger partial charge in [0.1, 0.15) is 5.78 Å². The third-order valence-electron chi connectivity index (χ3n) is 3.80. The average molecular weight is 363 g/mol. The number of Topliss-reactive ketones (excluding diaryl/α,β-unsaturated/α-hetero) is 1. The maximum absolute atomic E-state index is 11.7. The van der Waals surface area contributed by atoms with Crippen LogP contribution in [0.5, 0.6) is 0 Å². The van der Waals surface area contributed by atoms with E-state index < -0.39 is 0 Å². The lowest BCUT2D eigenvalue weighted by atomic mass is 9.78. The predicted molar refractivity (Wildman–Crippen MR) is 100 cm³/mol. The van der Waals surface area contributed by atoms with Gasteiger partial charge in [-0.25, -0.2) is 0 Å². The van der Waals surface area contributed by atoms with Crippen LogP contribution in [0.4, 0.5) is 0 Å². The fourth-order valence-electron chi connectivity index (χ4n) is 2.29. The van der Waals surface area contributed by atoms with E-state index in [9.17, 15) is 14.4 Å². The molecule has 1 fully saturated rings. The normalized spacial score (nSPS) is 18.4. The van der Waals surface area contributed by atoms with Crippen molar-refractivity contribution in [2.45, 2.75) is 59.4 Å². The van der Waals surface area contributed by atoms with E-state index in [2.05, 4.69) is 10.6 Å². The molecule has 25 heavy (non-hydrogen) atoms. The van der Waals surface area contributed by atoms with Gasteiger partial charge < -0.3 is 20.1 Å². The minimum atomic E-state index is -0.0650. The van der Waals surface area contributed by atoms with Crippen LogP contribution in [-0.4, -0.2) is 56.6 Å². The SMILES string of the molecule is CC.CCOCCC(=O)NCCOCCC(=O)NC1CC(C(C)=O)C1.[HH].[HH]. The van der Waals surface area contributed by atoms with Crippen molar-refractivity contribution < 1.29 is 26.7 Å². The van der Waals surface area contributed by atoms with Crippen LogP contribution >= 0.6 is 0 Å². The van der Waals surface area contributed by atoms with Gasteiger partial charge in [0, 0.05) is 40.8 Å². The molecule has 1 aliphatic carbocycles. The van der Waals surface area contributed by atoms with Crippen molar-refractivity contribution in [2.24, 2.45) is 5.92 Å². The molecule has 2 amide bonds. The lowest BCUT2D eigenvalue weighted by Crippen LogP contribution is -2.46. The summed E-state index contributed by atoms with van der Waals surface area (Å²) in [4.78, 5) is 34.1. The van der Waals surface area contributed by atoms with E-state index >= 15 is 0 Å². The molecule has 150 valence electrons. The van der Waals surface area contributed by atoms with Crippen molar-refractivity contribution in [1.29, 1.82) is 0 Å². The summed E-state index contributed by atoms with van der Waals surface area (Å²) in [6, 6.07) is 0.126. The lowest BCUT2D eigenvalue weighted by molar-refractivity contribution is -0.128. The molecular formula is C18H38N2O5. The molecule has 2 N–H and O–H groups in total. The number of amides is 2. The Labute approximate surface area is 154 Å². The second-order valence-corrected chi connectivity index (χ2v) is 5.70. The number of rotatable bonds is 12. The van der Waals surface area contributed by atoms with Gasteiger partial charge in [0.2, 0.25) is 11.8 Å². The number of nitrogens with one attached hydrogen (secondary N) is 2. The molecule has 1 saturated carbocycles. The highest BCUT2D eigenvalue weighted by molar-refractivity contribution is 5.80. The van der Waals surface area contributed by atoms with Crippen LogP contribution in [0.2, 0.25) is 0 Å². The fraction of sp³-hybridized carbons (Fsp3) is 0.833. The molecule has 0 aliphatic heterocycles.